The van der Waals surface area contributed by atoms with Crippen LogP contribution in [0.2, 0.25) is 0 Å². The first-order valence-electron chi connectivity index (χ1n) is 5.74. The molecule has 0 aromatic carbocycles. The smallest absolute Gasteiger partial charge is 0.358 e. The number of nitro groups is 1. The average Bonchev–Trinajstić information content (AvgIpc) is 2.51. The van der Waals surface area contributed by atoms with E-state index in [2.05, 4.69) is 10.3 Å². The van der Waals surface area contributed by atoms with E-state index in [1.807, 2.05) is 11.9 Å². The predicted molar refractivity (Wildman–Crippen MR) is 64.3 cm³/mol. The van der Waals surface area contributed by atoms with Crippen molar-refractivity contribution in [1.82, 2.24) is 14.9 Å². The fourth-order valence-corrected chi connectivity index (χ4v) is 2.12. The standard InChI is InChI=1S/C10H17N5O2/c1-8-12-9(15(16)17)10(13(8)2)14-6-3-4-11-5-7-14/h11H,3-7H2,1-2H3. The minimum Gasteiger partial charge on any atom is -0.358 e. The lowest BCUT2D eigenvalue weighted by Crippen LogP contribution is -2.30. The highest BCUT2D eigenvalue weighted by Crippen LogP contribution is 2.28. The van der Waals surface area contributed by atoms with Gasteiger partial charge in [-0.1, -0.05) is 0 Å². The maximum absolute atomic E-state index is 11.0. The molecule has 94 valence electrons. The fourth-order valence-electron chi connectivity index (χ4n) is 2.12. The van der Waals surface area contributed by atoms with E-state index in [9.17, 15) is 10.1 Å². The number of aryl methyl sites for hydroxylation is 1. The summed E-state index contributed by atoms with van der Waals surface area (Å²) in [5.74, 6) is 1.26. The number of anilines is 1. The van der Waals surface area contributed by atoms with Gasteiger partial charge in [0.05, 0.1) is 0 Å². The molecule has 17 heavy (non-hydrogen) atoms. The Bertz CT molecular complexity index is 421. The lowest BCUT2D eigenvalue weighted by Gasteiger charge is -2.21. The Kier molecular flexibility index (Phi) is 3.28. The first-order valence-corrected chi connectivity index (χ1v) is 5.74. The van der Waals surface area contributed by atoms with Gasteiger partial charge in [0.25, 0.3) is 0 Å². The van der Waals surface area contributed by atoms with Crippen LogP contribution in [-0.2, 0) is 7.05 Å². The van der Waals surface area contributed by atoms with Gasteiger partial charge < -0.3 is 20.3 Å². The van der Waals surface area contributed by atoms with Crippen LogP contribution >= 0.6 is 0 Å². The normalized spacial score (nSPS) is 16.9. The quantitative estimate of drug-likeness (QED) is 0.598. The van der Waals surface area contributed by atoms with Crippen molar-refractivity contribution >= 4 is 11.6 Å². The molecule has 1 saturated heterocycles. The third-order valence-electron chi connectivity index (χ3n) is 3.08. The largest absolute Gasteiger partial charge is 0.406 e. The van der Waals surface area contributed by atoms with E-state index in [0.29, 0.717) is 11.6 Å². The summed E-state index contributed by atoms with van der Waals surface area (Å²) in [6.07, 6.45) is 0.987. The maximum Gasteiger partial charge on any atom is 0.406 e. The Morgan fingerprint density at radius 1 is 1.41 bits per heavy atom. The van der Waals surface area contributed by atoms with Crippen LogP contribution in [0.1, 0.15) is 12.2 Å². The number of aromatic nitrogens is 2. The first-order chi connectivity index (χ1) is 8.11. The van der Waals surface area contributed by atoms with Crippen LogP contribution in [0.15, 0.2) is 0 Å². The Hall–Kier alpha value is -1.63. The lowest BCUT2D eigenvalue weighted by molar-refractivity contribution is -0.388. The summed E-state index contributed by atoms with van der Waals surface area (Å²) in [4.78, 5) is 16.7. The molecule has 2 rings (SSSR count). The molecule has 0 atom stereocenters. The van der Waals surface area contributed by atoms with Crippen LogP contribution in [-0.4, -0.2) is 40.7 Å². The topological polar surface area (TPSA) is 76.2 Å². The van der Waals surface area contributed by atoms with Crippen molar-refractivity contribution in [3.05, 3.63) is 15.9 Å². The van der Waals surface area contributed by atoms with Gasteiger partial charge in [-0.3, -0.25) is 4.57 Å². The summed E-state index contributed by atoms with van der Waals surface area (Å²) in [7, 11) is 1.82. The van der Waals surface area contributed by atoms with Crippen molar-refractivity contribution in [2.45, 2.75) is 13.3 Å². The van der Waals surface area contributed by atoms with E-state index >= 15 is 0 Å². The molecule has 0 radical (unpaired) electrons. The van der Waals surface area contributed by atoms with Gasteiger partial charge in [-0.15, -0.1) is 0 Å². The SMILES string of the molecule is Cc1nc([N+](=O)[O-])c(N2CCCNCC2)n1C. The molecule has 0 unspecified atom stereocenters. The van der Waals surface area contributed by atoms with E-state index in [1.165, 1.54) is 0 Å². The minimum absolute atomic E-state index is 0.0353. The molecule has 0 aliphatic carbocycles. The molecule has 1 aliphatic heterocycles. The number of nitrogens with one attached hydrogen (secondary N) is 1. The molecule has 1 aromatic rings. The summed E-state index contributed by atoms with van der Waals surface area (Å²) in [5, 5.41) is 14.3. The van der Waals surface area contributed by atoms with Gasteiger partial charge in [0.2, 0.25) is 11.6 Å². The lowest BCUT2D eigenvalue weighted by atomic mass is 10.4. The Labute approximate surface area is 99.6 Å². The van der Waals surface area contributed by atoms with Crippen LogP contribution in [0.4, 0.5) is 11.6 Å². The number of hydrogen-bond donors (Lipinski definition) is 1. The molecule has 1 N–H and O–H groups in total. The van der Waals surface area contributed by atoms with E-state index in [0.717, 1.165) is 32.6 Å². The molecule has 7 heteroatoms. The van der Waals surface area contributed by atoms with Gasteiger partial charge in [0.1, 0.15) is 0 Å². The monoisotopic (exact) mass is 239 g/mol. The zero-order valence-corrected chi connectivity index (χ0v) is 10.1. The second-order valence-corrected chi connectivity index (χ2v) is 4.21. The van der Waals surface area contributed by atoms with Crippen molar-refractivity contribution in [2.75, 3.05) is 31.1 Å². The van der Waals surface area contributed by atoms with Gasteiger partial charge in [-0.25, -0.2) is 0 Å². The summed E-state index contributed by atoms with van der Waals surface area (Å²) in [5.41, 5.74) is 0. The molecule has 1 aromatic heterocycles. The van der Waals surface area contributed by atoms with Crippen molar-refractivity contribution in [2.24, 2.45) is 7.05 Å². The van der Waals surface area contributed by atoms with Gasteiger partial charge in [0.15, 0.2) is 0 Å². The van der Waals surface area contributed by atoms with Gasteiger partial charge >= 0.3 is 5.82 Å². The maximum atomic E-state index is 11.0. The summed E-state index contributed by atoms with van der Waals surface area (Å²) < 4.78 is 1.80. The van der Waals surface area contributed by atoms with Crippen molar-refractivity contribution in [3.63, 3.8) is 0 Å². The molecule has 1 fully saturated rings. The van der Waals surface area contributed by atoms with Crippen LogP contribution in [0.5, 0.6) is 0 Å². The van der Waals surface area contributed by atoms with Crippen LogP contribution < -0.4 is 10.2 Å². The number of nitrogens with zero attached hydrogens (tertiary/aromatic N) is 4. The second kappa shape index (κ2) is 4.70. The van der Waals surface area contributed by atoms with Crippen LogP contribution in [0.3, 0.4) is 0 Å². The molecule has 0 amide bonds. The first kappa shape index (κ1) is 11.8. The van der Waals surface area contributed by atoms with Gasteiger partial charge in [0, 0.05) is 33.6 Å². The molecule has 0 saturated carbocycles. The van der Waals surface area contributed by atoms with E-state index in [1.54, 1.807) is 11.5 Å². The number of hydrogen-bond acceptors (Lipinski definition) is 5. The third-order valence-corrected chi connectivity index (χ3v) is 3.08. The number of imidazole rings is 1. The highest BCUT2D eigenvalue weighted by molar-refractivity contribution is 5.56. The van der Waals surface area contributed by atoms with Crippen molar-refractivity contribution in [1.29, 1.82) is 0 Å². The van der Waals surface area contributed by atoms with E-state index < -0.39 is 4.92 Å². The van der Waals surface area contributed by atoms with E-state index in [4.69, 9.17) is 0 Å². The third kappa shape index (κ3) is 2.23. The summed E-state index contributed by atoms with van der Waals surface area (Å²) >= 11 is 0. The van der Waals surface area contributed by atoms with E-state index in [-0.39, 0.29) is 5.82 Å². The zero-order valence-electron chi connectivity index (χ0n) is 10.1. The van der Waals surface area contributed by atoms with Crippen LogP contribution in [0.25, 0.3) is 0 Å². The fraction of sp³-hybridized carbons (Fsp3) is 0.700. The van der Waals surface area contributed by atoms with Crippen LogP contribution in [0, 0.1) is 17.0 Å². The predicted octanol–water partition coefficient (Wildman–Crippen LogP) is 0.436. The molecular weight excluding hydrogens is 222 g/mol. The zero-order chi connectivity index (χ0) is 12.4. The second-order valence-electron chi connectivity index (χ2n) is 4.21. The van der Waals surface area contributed by atoms with Crippen molar-refractivity contribution in [3.8, 4) is 0 Å². The molecule has 0 spiro atoms. The molecule has 7 nitrogen and oxygen atoms in total. The molecule has 2 heterocycles. The van der Waals surface area contributed by atoms with Crippen molar-refractivity contribution < 1.29 is 4.92 Å². The Balaban J connectivity index is 2.38. The summed E-state index contributed by atoms with van der Waals surface area (Å²) in [6, 6.07) is 0. The highest BCUT2D eigenvalue weighted by Gasteiger charge is 2.28. The molecule has 0 bridgehead atoms. The van der Waals surface area contributed by atoms with Gasteiger partial charge in [-0.05, 0) is 22.9 Å². The summed E-state index contributed by atoms with van der Waals surface area (Å²) in [6.45, 7) is 5.20. The molecular formula is C10H17N5O2. The number of rotatable bonds is 2. The Morgan fingerprint density at radius 3 is 2.88 bits per heavy atom. The Morgan fingerprint density at radius 2 is 2.18 bits per heavy atom. The minimum atomic E-state index is -0.402. The average molecular weight is 239 g/mol. The molecule has 1 aliphatic rings. The highest BCUT2D eigenvalue weighted by atomic mass is 16.6. The van der Waals surface area contributed by atoms with Gasteiger partial charge in [-0.2, -0.15) is 0 Å².